The predicted octanol–water partition coefficient (Wildman–Crippen LogP) is 6.93. The average Bonchev–Trinajstić information content (AvgIpc) is 3.13. The number of unbranched alkanes of at least 4 members (excludes halogenated alkanes) is 2. The monoisotopic (exact) mass is 684 g/mol. The van der Waals surface area contributed by atoms with Crippen molar-refractivity contribution in [3.8, 4) is 11.1 Å². The number of nitrogens with one attached hydrogen (secondary N) is 1. The third kappa shape index (κ3) is 10.5. The number of aliphatic carboxylic acids is 1. The Labute approximate surface area is 289 Å². The molecule has 1 fully saturated rings. The Morgan fingerprint density at radius 1 is 0.816 bits per heavy atom. The zero-order chi connectivity index (χ0) is 34.6. The Hall–Kier alpha value is -4.55. The third-order valence-corrected chi connectivity index (χ3v) is 9.36. The Kier molecular flexibility index (Phi) is 12.9. The lowest BCUT2D eigenvalue weighted by Crippen LogP contribution is -2.31. The number of hydrogen-bond donors (Lipinski definition) is 4. The van der Waals surface area contributed by atoms with Gasteiger partial charge in [0.25, 0.3) is 0 Å². The summed E-state index contributed by atoms with van der Waals surface area (Å²) in [6.07, 6.45) is 3.26. The topological polar surface area (TPSA) is 155 Å². The van der Waals surface area contributed by atoms with Gasteiger partial charge < -0.3 is 30.1 Å². The molecular formula is C38H40N2O8S. The molecule has 5 rings (SSSR count). The van der Waals surface area contributed by atoms with Gasteiger partial charge in [0.2, 0.25) is 5.91 Å². The van der Waals surface area contributed by atoms with E-state index in [0.717, 1.165) is 33.4 Å². The van der Waals surface area contributed by atoms with Crippen LogP contribution >= 0.6 is 11.8 Å². The lowest BCUT2D eigenvalue weighted by atomic mass is 9.99. The molecule has 3 atom stereocenters. The zero-order valence-electron chi connectivity index (χ0n) is 27.0. The Morgan fingerprint density at radius 2 is 1.57 bits per heavy atom. The number of benzene rings is 3. The Balaban J connectivity index is 1.28. The van der Waals surface area contributed by atoms with Gasteiger partial charge in [0.1, 0.15) is 5.03 Å². The van der Waals surface area contributed by atoms with E-state index < -0.39 is 18.2 Å². The van der Waals surface area contributed by atoms with E-state index in [9.17, 15) is 24.6 Å². The molecule has 0 bridgehead atoms. The fourth-order valence-electron chi connectivity index (χ4n) is 5.62. The molecule has 10 nitrogen and oxygen atoms in total. The first-order chi connectivity index (χ1) is 23.8. The van der Waals surface area contributed by atoms with Crippen LogP contribution in [0.2, 0.25) is 0 Å². The second-order valence-electron chi connectivity index (χ2n) is 11.9. The lowest BCUT2D eigenvalue weighted by Gasteiger charge is -2.36. The minimum absolute atomic E-state index is 0.0522. The predicted molar refractivity (Wildman–Crippen MR) is 185 cm³/mol. The van der Waals surface area contributed by atoms with Gasteiger partial charge in [-0.15, -0.1) is 11.8 Å². The highest BCUT2D eigenvalue weighted by molar-refractivity contribution is 7.99. The Bertz CT molecular complexity index is 1730. The number of rotatable bonds is 16. The summed E-state index contributed by atoms with van der Waals surface area (Å²) in [4.78, 5) is 39.1. The fraction of sp³-hybridized carbons (Fsp3) is 0.316. The van der Waals surface area contributed by atoms with Gasteiger partial charge in [0.05, 0.1) is 24.4 Å². The molecule has 256 valence electrons. The lowest BCUT2D eigenvalue weighted by molar-refractivity contribution is -0.245. The second kappa shape index (κ2) is 17.7. The van der Waals surface area contributed by atoms with Crippen LogP contribution in [0.1, 0.15) is 83.5 Å². The van der Waals surface area contributed by atoms with Gasteiger partial charge in [-0.05, 0) is 64.9 Å². The van der Waals surface area contributed by atoms with Gasteiger partial charge in [-0.25, -0.2) is 9.78 Å². The molecule has 1 aliphatic rings. The van der Waals surface area contributed by atoms with Gasteiger partial charge in [0, 0.05) is 43.3 Å². The van der Waals surface area contributed by atoms with E-state index >= 15 is 0 Å². The fourth-order valence-corrected chi connectivity index (χ4v) is 6.62. The van der Waals surface area contributed by atoms with E-state index in [1.807, 2.05) is 72.8 Å². The van der Waals surface area contributed by atoms with Crippen molar-refractivity contribution >= 4 is 29.6 Å². The smallest absolute Gasteiger partial charge is 0.338 e. The highest BCUT2D eigenvalue weighted by Gasteiger charge is 2.33. The molecule has 0 spiro atoms. The van der Waals surface area contributed by atoms with Crippen molar-refractivity contribution in [3.05, 3.63) is 119 Å². The summed E-state index contributed by atoms with van der Waals surface area (Å²) in [6, 6.07) is 26.7. The second-order valence-corrected chi connectivity index (χ2v) is 12.9. The molecule has 0 radical (unpaired) electrons. The van der Waals surface area contributed by atoms with Crippen molar-refractivity contribution in [2.24, 2.45) is 0 Å². The summed E-state index contributed by atoms with van der Waals surface area (Å²) in [5, 5.41) is 31.3. The van der Waals surface area contributed by atoms with E-state index in [0.29, 0.717) is 49.4 Å². The summed E-state index contributed by atoms with van der Waals surface area (Å²) >= 11 is 1.34. The van der Waals surface area contributed by atoms with Crippen LogP contribution in [0.15, 0.2) is 96.2 Å². The summed E-state index contributed by atoms with van der Waals surface area (Å²) in [5.74, 6) is -1.44. The van der Waals surface area contributed by atoms with E-state index in [-0.39, 0.29) is 36.7 Å². The average molecular weight is 685 g/mol. The van der Waals surface area contributed by atoms with Crippen LogP contribution in [0.5, 0.6) is 0 Å². The SMILES string of the molecule is O=C(O)CCCCCC(=O)NCc1cccc(-c2cccc([C@H]3O[C@@H](CSc4ncccc4C(=O)O)C[C@@H](c4ccc(CO)cc4)O3)c2)c1. The van der Waals surface area contributed by atoms with Crippen LogP contribution in [0.25, 0.3) is 11.1 Å². The molecule has 49 heavy (non-hydrogen) atoms. The number of aromatic nitrogens is 1. The number of pyridine rings is 1. The highest BCUT2D eigenvalue weighted by atomic mass is 32.2. The number of carboxylic acids is 2. The van der Waals surface area contributed by atoms with E-state index in [1.54, 1.807) is 18.3 Å². The van der Waals surface area contributed by atoms with Crippen LogP contribution in [0.3, 0.4) is 0 Å². The Morgan fingerprint density at radius 3 is 2.33 bits per heavy atom. The number of carbonyl (C=O) groups is 3. The maximum absolute atomic E-state index is 12.4. The first-order valence-corrected chi connectivity index (χ1v) is 17.3. The van der Waals surface area contributed by atoms with E-state index in [2.05, 4.69) is 10.3 Å². The number of nitrogens with zero attached hydrogens (tertiary/aromatic N) is 1. The van der Waals surface area contributed by atoms with E-state index in [4.69, 9.17) is 14.6 Å². The summed E-state index contributed by atoms with van der Waals surface area (Å²) in [6.45, 7) is 0.329. The van der Waals surface area contributed by atoms with Crippen molar-refractivity contribution in [1.82, 2.24) is 10.3 Å². The molecule has 2 heterocycles. The number of aromatic carboxylic acids is 1. The molecule has 4 aromatic rings. The molecule has 0 saturated carbocycles. The first kappa shape index (κ1) is 35.7. The van der Waals surface area contributed by atoms with Gasteiger partial charge in [-0.3, -0.25) is 9.59 Å². The summed E-state index contributed by atoms with van der Waals surface area (Å²) < 4.78 is 13.0. The number of carboxylic acid groups (broad SMARTS) is 2. The van der Waals surface area contributed by atoms with Crippen LogP contribution < -0.4 is 5.32 Å². The molecule has 1 aromatic heterocycles. The van der Waals surface area contributed by atoms with Crippen LogP contribution in [0.4, 0.5) is 0 Å². The van der Waals surface area contributed by atoms with Crippen molar-refractivity contribution in [1.29, 1.82) is 0 Å². The zero-order valence-corrected chi connectivity index (χ0v) is 27.8. The van der Waals surface area contributed by atoms with Gasteiger partial charge >= 0.3 is 11.9 Å². The highest BCUT2D eigenvalue weighted by Crippen LogP contribution is 2.40. The normalized spacial score (nSPS) is 17.4. The molecule has 1 aliphatic heterocycles. The van der Waals surface area contributed by atoms with Crippen molar-refractivity contribution < 1.29 is 39.2 Å². The number of thioether (sulfide) groups is 1. The van der Waals surface area contributed by atoms with Crippen molar-refractivity contribution in [3.63, 3.8) is 0 Å². The third-order valence-electron chi connectivity index (χ3n) is 8.23. The van der Waals surface area contributed by atoms with Gasteiger partial charge in [-0.2, -0.15) is 0 Å². The molecule has 1 amide bonds. The number of aliphatic hydroxyl groups is 1. The number of ether oxygens (including phenoxy) is 2. The van der Waals surface area contributed by atoms with Crippen LogP contribution in [-0.4, -0.2) is 50.0 Å². The molecule has 11 heteroatoms. The minimum atomic E-state index is -1.03. The summed E-state index contributed by atoms with van der Waals surface area (Å²) in [5.41, 5.74) is 5.61. The maximum Gasteiger partial charge on any atom is 0.338 e. The largest absolute Gasteiger partial charge is 0.481 e. The van der Waals surface area contributed by atoms with Crippen molar-refractivity contribution in [2.75, 3.05) is 5.75 Å². The molecular weight excluding hydrogens is 644 g/mol. The van der Waals surface area contributed by atoms with Crippen LogP contribution in [0, 0.1) is 0 Å². The van der Waals surface area contributed by atoms with E-state index in [1.165, 1.54) is 11.8 Å². The van der Waals surface area contributed by atoms with Gasteiger partial charge in [0.15, 0.2) is 6.29 Å². The molecule has 4 N–H and O–H groups in total. The standard InChI is InChI=1S/C38H40N2O8S/c41-23-25-14-16-27(17-15-25)33-21-31(24-49-36-32(37(45)46)11-6-18-39-36)47-38(48-33)30-10-5-9-29(20-30)28-8-4-7-26(19-28)22-40-34(42)12-2-1-3-13-35(43)44/h4-11,14-20,31,33,38,41H,1-3,12-13,21-24H2,(H,40,42)(H,43,44)(H,45,46)/t31-,33+,38+/m1/s1. The molecule has 0 aliphatic carbocycles. The molecule has 3 aromatic carbocycles. The quantitative estimate of drug-likeness (QED) is 0.0721. The molecule has 0 unspecified atom stereocenters. The maximum atomic E-state index is 12.4. The number of aliphatic hydroxyl groups excluding tert-OH is 1. The van der Waals surface area contributed by atoms with Crippen LogP contribution in [-0.2, 0) is 32.2 Å². The van der Waals surface area contributed by atoms with Crippen molar-refractivity contribution in [2.45, 2.75) is 75.2 Å². The summed E-state index contributed by atoms with van der Waals surface area (Å²) in [7, 11) is 0. The number of hydrogen-bond acceptors (Lipinski definition) is 8. The first-order valence-electron chi connectivity index (χ1n) is 16.3. The number of carbonyl (C=O) groups excluding carboxylic acids is 1. The number of amides is 1. The van der Waals surface area contributed by atoms with Gasteiger partial charge in [-0.1, -0.05) is 67.1 Å². The molecule has 1 saturated heterocycles. The minimum Gasteiger partial charge on any atom is -0.481 e.